The van der Waals surface area contributed by atoms with E-state index in [1.807, 2.05) is 55.5 Å². The van der Waals surface area contributed by atoms with Crippen LogP contribution < -0.4 is 0 Å². The van der Waals surface area contributed by atoms with E-state index in [0.717, 1.165) is 22.3 Å². The van der Waals surface area contributed by atoms with Gasteiger partial charge in [0.05, 0.1) is 0 Å². The van der Waals surface area contributed by atoms with Crippen molar-refractivity contribution >= 4 is 11.4 Å². The molecule has 0 aliphatic heterocycles. The summed E-state index contributed by atoms with van der Waals surface area (Å²) < 4.78 is 0. The van der Waals surface area contributed by atoms with Crippen molar-refractivity contribution in [2.45, 2.75) is 13.8 Å². The third kappa shape index (κ3) is 3.55. The molecule has 0 atom stereocenters. The Morgan fingerprint density at radius 1 is 0.750 bits per heavy atom. The fraction of sp³-hybridized carbons (Fsp3) is 0.105. The second-order valence-corrected chi connectivity index (χ2v) is 4.72. The van der Waals surface area contributed by atoms with Crippen LogP contribution in [0.25, 0.3) is 5.57 Å². The summed E-state index contributed by atoms with van der Waals surface area (Å²) in [5.74, 6) is 0.0988. The van der Waals surface area contributed by atoms with Crippen LogP contribution in [0.4, 0.5) is 0 Å². The molecule has 0 amide bonds. The number of carbonyl (C=O) groups is 1. The van der Waals surface area contributed by atoms with Gasteiger partial charge in [-0.25, -0.2) is 0 Å². The lowest BCUT2D eigenvalue weighted by atomic mass is 9.97. The summed E-state index contributed by atoms with van der Waals surface area (Å²) in [6.45, 7) is 3.43. The molecular weight excluding hydrogens is 244 g/mol. The molecule has 0 saturated heterocycles. The molecule has 2 rings (SSSR count). The first-order chi connectivity index (χ1) is 9.68. The summed E-state index contributed by atoms with van der Waals surface area (Å²) in [6, 6.07) is 20.4. The number of hydrogen-bond donors (Lipinski definition) is 0. The fourth-order valence-electron chi connectivity index (χ4n) is 1.92. The van der Waals surface area contributed by atoms with Crippen molar-refractivity contribution in [2.75, 3.05) is 0 Å². The van der Waals surface area contributed by atoms with Crippen LogP contribution >= 0.6 is 0 Å². The van der Waals surface area contributed by atoms with Crippen LogP contribution in [-0.4, -0.2) is 5.78 Å². The first-order valence-corrected chi connectivity index (χ1v) is 6.69. The smallest absolute Gasteiger partial charge is 0.155 e. The predicted octanol–water partition coefficient (Wildman–Crippen LogP) is 4.65. The molecule has 0 heterocycles. The molecule has 0 aliphatic carbocycles. The maximum absolute atomic E-state index is 11.3. The second kappa shape index (κ2) is 6.67. The highest BCUT2D eigenvalue weighted by Crippen LogP contribution is 2.23. The van der Waals surface area contributed by atoms with Crippen LogP contribution in [-0.2, 0) is 4.79 Å². The van der Waals surface area contributed by atoms with E-state index >= 15 is 0 Å². The maximum Gasteiger partial charge on any atom is 0.155 e. The van der Waals surface area contributed by atoms with Crippen molar-refractivity contribution in [1.29, 1.82) is 0 Å². The third-order valence-corrected chi connectivity index (χ3v) is 3.22. The molecule has 0 fully saturated rings. The number of rotatable bonds is 4. The van der Waals surface area contributed by atoms with Crippen molar-refractivity contribution in [3.05, 3.63) is 89.5 Å². The molecule has 2 aromatic carbocycles. The SMILES string of the molecule is CC(=O)/C(C)=C/C=C(c1ccccc1)c1ccccc1. The first kappa shape index (κ1) is 14.0. The van der Waals surface area contributed by atoms with Gasteiger partial charge in [-0.3, -0.25) is 4.79 Å². The van der Waals surface area contributed by atoms with Crippen LogP contribution in [0.3, 0.4) is 0 Å². The van der Waals surface area contributed by atoms with E-state index < -0.39 is 0 Å². The Balaban J connectivity index is 2.49. The summed E-state index contributed by atoms with van der Waals surface area (Å²) in [6.07, 6.45) is 3.90. The first-order valence-electron chi connectivity index (χ1n) is 6.69. The fourth-order valence-corrected chi connectivity index (χ4v) is 1.92. The molecule has 2 aromatic rings. The van der Waals surface area contributed by atoms with Gasteiger partial charge in [0.25, 0.3) is 0 Å². The van der Waals surface area contributed by atoms with E-state index in [9.17, 15) is 4.79 Å². The Morgan fingerprint density at radius 3 is 1.60 bits per heavy atom. The van der Waals surface area contributed by atoms with Gasteiger partial charge in [0.15, 0.2) is 5.78 Å². The minimum Gasteiger partial charge on any atom is -0.295 e. The summed E-state index contributed by atoms with van der Waals surface area (Å²) in [7, 11) is 0. The molecule has 0 aromatic heterocycles. The van der Waals surface area contributed by atoms with Crippen LogP contribution in [0.15, 0.2) is 78.4 Å². The topological polar surface area (TPSA) is 17.1 Å². The summed E-state index contributed by atoms with van der Waals surface area (Å²) in [4.78, 5) is 11.3. The van der Waals surface area contributed by atoms with Gasteiger partial charge in [-0.05, 0) is 36.1 Å². The van der Waals surface area contributed by atoms with Gasteiger partial charge >= 0.3 is 0 Å². The van der Waals surface area contributed by atoms with Crippen LogP contribution in [0.5, 0.6) is 0 Å². The molecule has 100 valence electrons. The number of benzene rings is 2. The molecule has 1 nitrogen and oxygen atoms in total. The Labute approximate surface area is 120 Å². The van der Waals surface area contributed by atoms with E-state index in [-0.39, 0.29) is 5.78 Å². The summed E-state index contributed by atoms with van der Waals surface area (Å²) in [5, 5.41) is 0. The van der Waals surface area contributed by atoms with Crippen LogP contribution in [0, 0.1) is 0 Å². The van der Waals surface area contributed by atoms with E-state index in [1.165, 1.54) is 0 Å². The van der Waals surface area contributed by atoms with Gasteiger partial charge in [0, 0.05) is 0 Å². The number of Topliss-reactive ketones (excluding diaryl/α,β-unsaturated/α-hetero) is 1. The van der Waals surface area contributed by atoms with Crippen molar-refractivity contribution in [1.82, 2.24) is 0 Å². The Bertz CT molecular complexity index is 592. The molecular formula is C19H18O. The highest BCUT2D eigenvalue weighted by atomic mass is 16.1. The average Bonchev–Trinajstić information content (AvgIpc) is 2.49. The standard InChI is InChI=1S/C19H18O/c1-15(16(2)20)13-14-19(17-9-5-3-6-10-17)18-11-7-4-8-12-18/h3-14H,1-2H3/b15-13+. The van der Waals surface area contributed by atoms with Gasteiger partial charge in [0.1, 0.15) is 0 Å². The Kier molecular flexibility index (Phi) is 4.67. The van der Waals surface area contributed by atoms with Gasteiger partial charge in [0.2, 0.25) is 0 Å². The lowest BCUT2D eigenvalue weighted by Crippen LogP contribution is -1.91. The summed E-state index contributed by atoms with van der Waals surface area (Å²) >= 11 is 0. The van der Waals surface area contributed by atoms with Gasteiger partial charge in [-0.1, -0.05) is 72.8 Å². The summed E-state index contributed by atoms with van der Waals surface area (Å²) in [5.41, 5.74) is 4.17. The monoisotopic (exact) mass is 262 g/mol. The number of allylic oxidation sites excluding steroid dienone is 3. The number of hydrogen-bond acceptors (Lipinski definition) is 1. The molecule has 0 saturated carbocycles. The normalized spacial score (nSPS) is 11.0. The molecule has 1 heteroatoms. The largest absolute Gasteiger partial charge is 0.295 e. The zero-order chi connectivity index (χ0) is 14.4. The quantitative estimate of drug-likeness (QED) is 0.579. The van der Waals surface area contributed by atoms with Crippen molar-refractivity contribution < 1.29 is 4.79 Å². The Hall–Kier alpha value is -2.41. The van der Waals surface area contributed by atoms with Crippen LogP contribution in [0.1, 0.15) is 25.0 Å². The molecule has 0 unspecified atom stereocenters. The number of carbonyl (C=O) groups excluding carboxylic acids is 1. The Morgan fingerprint density at radius 2 is 1.20 bits per heavy atom. The molecule has 0 spiro atoms. The molecule has 0 N–H and O–H groups in total. The minimum absolute atomic E-state index is 0.0988. The van der Waals surface area contributed by atoms with Crippen molar-refractivity contribution in [3.63, 3.8) is 0 Å². The zero-order valence-electron chi connectivity index (χ0n) is 11.8. The van der Waals surface area contributed by atoms with Crippen molar-refractivity contribution in [3.8, 4) is 0 Å². The lowest BCUT2D eigenvalue weighted by Gasteiger charge is -2.07. The maximum atomic E-state index is 11.3. The van der Waals surface area contributed by atoms with Gasteiger partial charge < -0.3 is 0 Å². The second-order valence-electron chi connectivity index (χ2n) is 4.72. The molecule has 0 radical (unpaired) electrons. The van der Waals surface area contributed by atoms with E-state index in [4.69, 9.17) is 0 Å². The van der Waals surface area contributed by atoms with E-state index in [1.54, 1.807) is 6.92 Å². The van der Waals surface area contributed by atoms with Crippen LogP contribution in [0.2, 0.25) is 0 Å². The lowest BCUT2D eigenvalue weighted by molar-refractivity contribution is -0.113. The molecule has 20 heavy (non-hydrogen) atoms. The molecule has 0 aliphatic rings. The van der Waals surface area contributed by atoms with Gasteiger partial charge in [-0.2, -0.15) is 0 Å². The predicted molar refractivity (Wildman–Crippen MR) is 84.4 cm³/mol. The number of ketones is 1. The van der Waals surface area contributed by atoms with Crippen molar-refractivity contribution in [2.24, 2.45) is 0 Å². The third-order valence-electron chi connectivity index (χ3n) is 3.22. The van der Waals surface area contributed by atoms with E-state index in [2.05, 4.69) is 24.3 Å². The average molecular weight is 262 g/mol. The molecule has 0 bridgehead atoms. The van der Waals surface area contributed by atoms with Gasteiger partial charge in [-0.15, -0.1) is 0 Å². The zero-order valence-corrected chi connectivity index (χ0v) is 11.8. The minimum atomic E-state index is 0.0988. The van der Waals surface area contributed by atoms with E-state index in [0.29, 0.717) is 0 Å². The highest BCUT2D eigenvalue weighted by Gasteiger charge is 2.03. The highest BCUT2D eigenvalue weighted by molar-refractivity contribution is 5.93.